The third-order valence-corrected chi connectivity index (χ3v) is 2.25. The molecule has 0 aliphatic carbocycles. The van der Waals surface area contributed by atoms with Crippen LogP contribution in [-0.2, 0) is 11.2 Å². The Hall–Kier alpha value is -1.48. The second-order valence-corrected chi connectivity index (χ2v) is 3.35. The van der Waals surface area contributed by atoms with Gasteiger partial charge < -0.3 is 9.84 Å². The number of benzene rings is 1. The Morgan fingerprint density at radius 3 is 2.87 bits per heavy atom. The third-order valence-electron chi connectivity index (χ3n) is 1.94. The Labute approximate surface area is 92.9 Å². The molecule has 4 heteroatoms. The monoisotopic (exact) mass is 226 g/mol. The van der Waals surface area contributed by atoms with Crippen LogP contribution < -0.4 is 0 Å². The van der Waals surface area contributed by atoms with Crippen LogP contribution in [-0.4, -0.2) is 18.2 Å². The van der Waals surface area contributed by atoms with Crippen molar-refractivity contribution >= 4 is 17.6 Å². The van der Waals surface area contributed by atoms with Crippen LogP contribution in [0.25, 0.3) is 0 Å². The molecule has 0 spiro atoms. The number of phenols is 1. The highest BCUT2D eigenvalue weighted by molar-refractivity contribution is 6.33. The Balaban J connectivity index is 3.22. The lowest BCUT2D eigenvalue weighted by Gasteiger charge is -2.07. The third kappa shape index (κ3) is 2.50. The number of carbonyl (C=O) groups excluding carboxylic acids is 1. The van der Waals surface area contributed by atoms with Crippen molar-refractivity contribution in [2.24, 2.45) is 0 Å². The van der Waals surface area contributed by atoms with Crippen LogP contribution in [0.4, 0.5) is 0 Å². The van der Waals surface area contributed by atoms with Gasteiger partial charge in [-0.05, 0) is 24.1 Å². The first-order chi connectivity index (χ1) is 7.10. The molecule has 0 saturated heterocycles. The number of hydrogen-bond donors (Lipinski definition) is 1. The molecular formula is C11H11ClO3. The predicted molar refractivity (Wildman–Crippen MR) is 58.4 cm³/mol. The first-order valence-electron chi connectivity index (χ1n) is 4.30. The van der Waals surface area contributed by atoms with Gasteiger partial charge in [-0.15, -0.1) is 6.58 Å². The van der Waals surface area contributed by atoms with Gasteiger partial charge in [-0.3, -0.25) is 0 Å². The van der Waals surface area contributed by atoms with Gasteiger partial charge in [-0.2, -0.15) is 0 Å². The highest BCUT2D eigenvalue weighted by Crippen LogP contribution is 2.27. The summed E-state index contributed by atoms with van der Waals surface area (Å²) in [5, 5.41) is 9.69. The van der Waals surface area contributed by atoms with Crippen LogP contribution in [0.5, 0.6) is 5.75 Å². The highest BCUT2D eigenvalue weighted by atomic mass is 35.5. The smallest absolute Gasteiger partial charge is 0.339 e. The van der Waals surface area contributed by atoms with Gasteiger partial charge in [0.15, 0.2) is 0 Å². The number of rotatable bonds is 3. The maximum Gasteiger partial charge on any atom is 0.339 e. The van der Waals surface area contributed by atoms with Crippen molar-refractivity contribution in [3.63, 3.8) is 0 Å². The largest absolute Gasteiger partial charge is 0.508 e. The number of methoxy groups -OCH3 is 1. The molecule has 3 nitrogen and oxygen atoms in total. The number of carbonyl (C=O) groups is 1. The van der Waals surface area contributed by atoms with E-state index in [-0.39, 0.29) is 16.3 Å². The van der Waals surface area contributed by atoms with Crippen LogP contribution in [0.2, 0.25) is 5.02 Å². The normalized spacial score (nSPS) is 9.73. The van der Waals surface area contributed by atoms with Gasteiger partial charge in [0.1, 0.15) is 5.75 Å². The van der Waals surface area contributed by atoms with E-state index in [1.807, 2.05) is 0 Å². The summed E-state index contributed by atoms with van der Waals surface area (Å²) in [6, 6.07) is 2.83. The first-order valence-corrected chi connectivity index (χ1v) is 4.68. The molecule has 15 heavy (non-hydrogen) atoms. The molecule has 0 heterocycles. The predicted octanol–water partition coefficient (Wildman–Crippen LogP) is 2.56. The number of halogens is 1. The summed E-state index contributed by atoms with van der Waals surface area (Å²) in [5.41, 5.74) is 0.837. The van der Waals surface area contributed by atoms with E-state index in [2.05, 4.69) is 11.3 Å². The van der Waals surface area contributed by atoms with Gasteiger partial charge in [-0.25, -0.2) is 4.79 Å². The van der Waals surface area contributed by atoms with Crippen LogP contribution in [0, 0.1) is 0 Å². The number of aromatic hydroxyl groups is 1. The number of allylic oxidation sites excluding steroid dienone is 1. The quantitative estimate of drug-likeness (QED) is 0.637. The van der Waals surface area contributed by atoms with E-state index in [1.54, 1.807) is 6.08 Å². The van der Waals surface area contributed by atoms with Crippen molar-refractivity contribution < 1.29 is 14.6 Å². The molecule has 0 amide bonds. The minimum atomic E-state index is -0.523. The second kappa shape index (κ2) is 4.84. The number of ether oxygens (including phenoxy) is 1. The lowest BCUT2D eigenvalue weighted by Crippen LogP contribution is -2.03. The van der Waals surface area contributed by atoms with E-state index in [0.717, 1.165) is 0 Å². The zero-order valence-electron chi connectivity index (χ0n) is 8.29. The molecule has 0 bridgehead atoms. The van der Waals surface area contributed by atoms with Crippen molar-refractivity contribution in [2.45, 2.75) is 6.42 Å². The van der Waals surface area contributed by atoms with Gasteiger partial charge in [0.05, 0.1) is 17.7 Å². The molecular weight excluding hydrogens is 216 g/mol. The number of hydrogen-bond acceptors (Lipinski definition) is 3. The van der Waals surface area contributed by atoms with Crippen molar-refractivity contribution in [2.75, 3.05) is 7.11 Å². The fourth-order valence-corrected chi connectivity index (χ4v) is 1.43. The summed E-state index contributed by atoms with van der Waals surface area (Å²) in [7, 11) is 1.28. The van der Waals surface area contributed by atoms with E-state index in [4.69, 9.17) is 11.6 Å². The van der Waals surface area contributed by atoms with Crippen molar-refractivity contribution in [3.8, 4) is 5.75 Å². The van der Waals surface area contributed by atoms with E-state index in [9.17, 15) is 9.90 Å². The maximum atomic E-state index is 11.3. The standard InChI is InChI=1S/C11H11ClO3/c1-3-4-7-5-8(11(14)15-2)9(12)6-10(7)13/h3,5-6,13H,1,4H2,2H3. The SMILES string of the molecule is C=CCc1cc(C(=O)OC)c(Cl)cc1O. The Morgan fingerprint density at radius 1 is 1.67 bits per heavy atom. The molecule has 0 saturated carbocycles. The van der Waals surface area contributed by atoms with E-state index in [1.165, 1.54) is 19.2 Å². The van der Waals surface area contributed by atoms with Gasteiger partial charge in [0.25, 0.3) is 0 Å². The molecule has 1 aromatic rings. The lowest BCUT2D eigenvalue weighted by atomic mass is 10.1. The lowest BCUT2D eigenvalue weighted by molar-refractivity contribution is 0.0601. The van der Waals surface area contributed by atoms with Crippen molar-refractivity contribution in [1.29, 1.82) is 0 Å². The van der Waals surface area contributed by atoms with E-state index >= 15 is 0 Å². The van der Waals surface area contributed by atoms with Gasteiger partial charge in [-0.1, -0.05) is 17.7 Å². The van der Waals surface area contributed by atoms with Crippen LogP contribution in [0.1, 0.15) is 15.9 Å². The summed E-state index contributed by atoms with van der Waals surface area (Å²) >= 11 is 5.79. The Bertz CT molecular complexity index is 399. The number of esters is 1. The zero-order valence-corrected chi connectivity index (χ0v) is 9.04. The molecule has 0 aliphatic heterocycles. The summed E-state index contributed by atoms with van der Waals surface area (Å²) < 4.78 is 4.56. The van der Waals surface area contributed by atoms with E-state index in [0.29, 0.717) is 12.0 Å². The highest BCUT2D eigenvalue weighted by Gasteiger charge is 2.13. The van der Waals surface area contributed by atoms with E-state index < -0.39 is 5.97 Å². The fraction of sp³-hybridized carbons (Fsp3) is 0.182. The molecule has 0 aromatic heterocycles. The number of phenolic OH excluding ortho intramolecular Hbond substituents is 1. The molecule has 0 unspecified atom stereocenters. The van der Waals surface area contributed by atoms with Gasteiger partial charge >= 0.3 is 5.97 Å². The van der Waals surface area contributed by atoms with Gasteiger partial charge in [0.2, 0.25) is 0 Å². The summed E-state index contributed by atoms with van der Waals surface area (Å²) in [6.45, 7) is 3.55. The first kappa shape index (κ1) is 11.6. The summed E-state index contributed by atoms with van der Waals surface area (Å²) in [4.78, 5) is 11.3. The minimum Gasteiger partial charge on any atom is -0.508 e. The molecule has 0 radical (unpaired) electrons. The van der Waals surface area contributed by atoms with Gasteiger partial charge in [0, 0.05) is 0 Å². The molecule has 1 aromatic carbocycles. The summed E-state index contributed by atoms with van der Waals surface area (Å²) in [5.74, 6) is -0.474. The second-order valence-electron chi connectivity index (χ2n) is 2.95. The van der Waals surface area contributed by atoms with Crippen LogP contribution in [0.15, 0.2) is 24.8 Å². The average Bonchev–Trinajstić information content (AvgIpc) is 2.21. The zero-order chi connectivity index (χ0) is 11.4. The molecule has 0 fully saturated rings. The fourth-order valence-electron chi connectivity index (χ4n) is 1.19. The molecule has 1 N–H and O–H groups in total. The molecule has 1 rings (SSSR count). The van der Waals surface area contributed by atoms with Crippen molar-refractivity contribution in [3.05, 3.63) is 40.9 Å². The minimum absolute atomic E-state index is 0.0487. The van der Waals surface area contributed by atoms with Crippen LogP contribution >= 0.6 is 11.6 Å². The molecule has 0 aliphatic rings. The topological polar surface area (TPSA) is 46.5 Å². The average molecular weight is 227 g/mol. The van der Waals surface area contributed by atoms with Crippen LogP contribution in [0.3, 0.4) is 0 Å². The molecule has 0 atom stereocenters. The Kier molecular flexibility index (Phi) is 3.74. The molecule has 80 valence electrons. The van der Waals surface area contributed by atoms with Crippen molar-refractivity contribution in [1.82, 2.24) is 0 Å². The maximum absolute atomic E-state index is 11.3. The summed E-state index contributed by atoms with van der Waals surface area (Å²) in [6.07, 6.45) is 2.09. The Morgan fingerprint density at radius 2 is 2.33 bits per heavy atom.